The van der Waals surface area contributed by atoms with Crippen LogP contribution in [0.25, 0.3) is 0 Å². The van der Waals surface area contributed by atoms with E-state index in [-0.39, 0.29) is 5.91 Å². The number of unbranched alkanes of at least 4 members (excludes halogenated alkanes) is 11. The molecule has 0 rings (SSSR count). The average molecular weight is 340 g/mol. The standard InChI is InChI=1S/C21H41NO2/c1-3-4-5-6-7-8-9-10-11-12-13-14-15-16-17-18-21(23)22-19-20-24-2/h10-11H,3-9,12-20H2,1-2H3,(H,22,23)/b11-10+. The van der Waals surface area contributed by atoms with E-state index in [1.54, 1.807) is 7.11 Å². The van der Waals surface area contributed by atoms with Gasteiger partial charge in [-0.2, -0.15) is 0 Å². The topological polar surface area (TPSA) is 38.3 Å². The first-order valence-corrected chi connectivity index (χ1v) is 10.2. The molecule has 0 unspecified atom stereocenters. The van der Waals surface area contributed by atoms with Gasteiger partial charge in [-0.3, -0.25) is 4.79 Å². The SMILES string of the molecule is CCCCCCCC/C=C/CCCCCCCC(=O)NCCOC. The number of carbonyl (C=O) groups excluding carboxylic acids is 1. The Morgan fingerprint density at radius 1 is 0.833 bits per heavy atom. The van der Waals surface area contributed by atoms with E-state index < -0.39 is 0 Å². The Bertz CT molecular complexity index is 290. The van der Waals surface area contributed by atoms with Crippen LogP contribution >= 0.6 is 0 Å². The highest BCUT2D eigenvalue weighted by molar-refractivity contribution is 5.75. The van der Waals surface area contributed by atoms with Gasteiger partial charge in [0.1, 0.15) is 0 Å². The van der Waals surface area contributed by atoms with Crippen LogP contribution in [0.15, 0.2) is 12.2 Å². The normalized spacial score (nSPS) is 11.2. The first-order valence-electron chi connectivity index (χ1n) is 10.2. The van der Waals surface area contributed by atoms with Crippen molar-refractivity contribution in [2.24, 2.45) is 0 Å². The molecule has 0 atom stereocenters. The molecule has 1 N–H and O–H groups in total. The molecule has 0 saturated carbocycles. The van der Waals surface area contributed by atoms with E-state index in [0.717, 1.165) is 6.42 Å². The number of methoxy groups -OCH3 is 1. The Morgan fingerprint density at radius 2 is 1.38 bits per heavy atom. The molecule has 142 valence electrons. The quantitative estimate of drug-likeness (QED) is 0.254. The number of hydrogen-bond donors (Lipinski definition) is 1. The summed E-state index contributed by atoms with van der Waals surface area (Å²) in [4.78, 5) is 11.5. The molecule has 0 aliphatic carbocycles. The van der Waals surface area contributed by atoms with Crippen LogP contribution in [-0.2, 0) is 9.53 Å². The van der Waals surface area contributed by atoms with Crippen molar-refractivity contribution in [3.63, 3.8) is 0 Å². The minimum atomic E-state index is 0.157. The summed E-state index contributed by atoms with van der Waals surface area (Å²) < 4.78 is 4.90. The Hall–Kier alpha value is -0.830. The highest BCUT2D eigenvalue weighted by Gasteiger charge is 1.99. The number of hydrogen-bond acceptors (Lipinski definition) is 2. The minimum Gasteiger partial charge on any atom is -0.383 e. The molecule has 0 aromatic carbocycles. The monoisotopic (exact) mass is 339 g/mol. The van der Waals surface area contributed by atoms with Crippen LogP contribution in [0.1, 0.15) is 96.8 Å². The van der Waals surface area contributed by atoms with Gasteiger partial charge in [-0.25, -0.2) is 0 Å². The van der Waals surface area contributed by atoms with Crippen molar-refractivity contribution in [3.05, 3.63) is 12.2 Å². The van der Waals surface area contributed by atoms with E-state index in [2.05, 4.69) is 24.4 Å². The van der Waals surface area contributed by atoms with Crippen molar-refractivity contribution in [3.8, 4) is 0 Å². The number of carbonyl (C=O) groups is 1. The largest absolute Gasteiger partial charge is 0.383 e. The Morgan fingerprint density at radius 3 is 1.96 bits per heavy atom. The van der Waals surface area contributed by atoms with Crippen molar-refractivity contribution >= 4 is 5.91 Å². The summed E-state index contributed by atoms with van der Waals surface area (Å²) >= 11 is 0. The summed E-state index contributed by atoms with van der Waals surface area (Å²) in [5.41, 5.74) is 0. The third-order valence-corrected chi connectivity index (χ3v) is 4.29. The highest BCUT2D eigenvalue weighted by Crippen LogP contribution is 2.09. The summed E-state index contributed by atoms with van der Waals surface area (Å²) in [6.07, 6.45) is 22.1. The Kier molecular flexibility index (Phi) is 19.5. The number of allylic oxidation sites excluding steroid dienone is 2. The van der Waals surface area contributed by atoms with Crippen LogP contribution in [0.4, 0.5) is 0 Å². The number of nitrogens with one attached hydrogen (secondary N) is 1. The fourth-order valence-corrected chi connectivity index (χ4v) is 2.74. The molecule has 1 amide bonds. The van der Waals surface area contributed by atoms with Gasteiger partial charge in [-0.05, 0) is 32.1 Å². The maximum Gasteiger partial charge on any atom is 0.220 e. The van der Waals surface area contributed by atoms with Gasteiger partial charge in [0, 0.05) is 20.1 Å². The van der Waals surface area contributed by atoms with Crippen molar-refractivity contribution in [2.75, 3.05) is 20.3 Å². The fourth-order valence-electron chi connectivity index (χ4n) is 2.74. The molecule has 0 spiro atoms. The first-order chi connectivity index (χ1) is 11.8. The predicted octanol–water partition coefficient (Wildman–Crippen LogP) is 5.79. The number of amides is 1. The molecule has 3 nitrogen and oxygen atoms in total. The van der Waals surface area contributed by atoms with Crippen molar-refractivity contribution < 1.29 is 9.53 Å². The van der Waals surface area contributed by atoms with Gasteiger partial charge in [-0.15, -0.1) is 0 Å². The minimum absolute atomic E-state index is 0.157. The summed E-state index contributed by atoms with van der Waals surface area (Å²) in [6.45, 7) is 3.49. The predicted molar refractivity (Wildman–Crippen MR) is 104 cm³/mol. The van der Waals surface area contributed by atoms with Crippen molar-refractivity contribution in [1.29, 1.82) is 0 Å². The molecule has 0 aliphatic rings. The third-order valence-electron chi connectivity index (χ3n) is 4.29. The van der Waals surface area contributed by atoms with Gasteiger partial charge in [0.25, 0.3) is 0 Å². The molecular weight excluding hydrogens is 298 g/mol. The average Bonchev–Trinajstić information content (AvgIpc) is 2.58. The second kappa shape index (κ2) is 20.2. The summed E-state index contributed by atoms with van der Waals surface area (Å²) in [7, 11) is 1.65. The molecule has 0 fully saturated rings. The molecule has 24 heavy (non-hydrogen) atoms. The number of ether oxygens (including phenoxy) is 1. The molecule has 0 aromatic rings. The van der Waals surface area contributed by atoms with Crippen molar-refractivity contribution in [1.82, 2.24) is 5.32 Å². The van der Waals surface area contributed by atoms with E-state index in [1.165, 1.54) is 77.0 Å². The van der Waals surface area contributed by atoms with E-state index in [0.29, 0.717) is 19.6 Å². The third kappa shape index (κ3) is 19.2. The van der Waals surface area contributed by atoms with Gasteiger partial charge in [-0.1, -0.05) is 70.4 Å². The van der Waals surface area contributed by atoms with Gasteiger partial charge in [0.2, 0.25) is 5.91 Å². The van der Waals surface area contributed by atoms with E-state index in [1.807, 2.05) is 0 Å². The molecule has 3 heteroatoms. The van der Waals surface area contributed by atoms with Crippen LogP contribution in [0.2, 0.25) is 0 Å². The van der Waals surface area contributed by atoms with Crippen LogP contribution < -0.4 is 5.32 Å². The van der Waals surface area contributed by atoms with Crippen molar-refractivity contribution in [2.45, 2.75) is 96.8 Å². The van der Waals surface area contributed by atoms with Gasteiger partial charge in [0.05, 0.1) is 6.61 Å². The second-order valence-electron chi connectivity index (χ2n) is 6.68. The van der Waals surface area contributed by atoms with Crippen LogP contribution in [0, 0.1) is 0 Å². The maximum absolute atomic E-state index is 11.5. The molecule has 0 aliphatic heterocycles. The summed E-state index contributed by atoms with van der Waals surface area (Å²) in [5, 5.41) is 2.86. The van der Waals surface area contributed by atoms with Gasteiger partial charge < -0.3 is 10.1 Å². The van der Waals surface area contributed by atoms with E-state index in [4.69, 9.17) is 4.74 Å². The summed E-state index contributed by atoms with van der Waals surface area (Å²) in [5.74, 6) is 0.157. The molecule has 0 radical (unpaired) electrons. The van der Waals surface area contributed by atoms with Gasteiger partial charge in [0.15, 0.2) is 0 Å². The van der Waals surface area contributed by atoms with Crippen LogP contribution in [0.5, 0.6) is 0 Å². The Balaban J connectivity index is 3.16. The zero-order chi connectivity index (χ0) is 17.7. The van der Waals surface area contributed by atoms with E-state index >= 15 is 0 Å². The lowest BCUT2D eigenvalue weighted by molar-refractivity contribution is -0.121. The zero-order valence-corrected chi connectivity index (χ0v) is 16.3. The fraction of sp³-hybridized carbons (Fsp3) is 0.857. The smallest absolute Gasteiger partial charge is 0.220 e. The summed E-state index contributed by atoms with van der Waals surface area (Å²) in [6, 6.07) is 0. The Labute approximate surface area is 150 Å². The molecule has 0 heterocycles. The molecular formula is C21H41NO2. The zero-order valence-electron chi connectivity index (χ0n) is 16.3. The van der Waals surface area contributed by atoms with E-state index in [9.17, 15) is 4.79 Å². The van der Waals surface area contributed by atoms with Gasteiger partial charge >= 0.3 is 0 Å². The van der Waals surface area contributed by atoms with Crippen LogP contribution in [-0.4, -0.2) is 26.2 Å². The molecule has 0 aromatic heterocycles. The maximum atomic E-state index is 11.5. The van der Waals surface area contributed by atoms with Crippen LogP contribution in [0.3, 0.4) is 0 Å². The highest BCUT2D eigenvalue weighted by atomic mass is 16.5. The molecule has 0 bridgehead atoms. The number of rotatable bonds is 18. The first kappa shape index (κ1) is 23.2. The molecule has 0 saturated heterocycles. The second-order valence-corrected chi connectivity index (χ2v) is 6.68. The lowest BCUT2D eigenvalue weighted by atomic mass is 10.1. The lowest BCUT2D eigenvalue weighted by Gasteiger charge is -2.04. The lowest BCUT2D eigenvalue weighted by Crippen LogP contribution is -2.26.